The van der Waals surface area contributed by atoms with Crippen molar-refractivity contribution in [1.29, 1.82) is 0 Å². The molecule has 0 saturated heterocycles. The van der Waals surface area contributed by atoms with E-state index in [1.165, 1.54) is 0 Å². The van der Waals surface area contributed by atoms with Gasteiger partial charge >= 0.3 is 0 Å². The quantitative estimate of drug-likeness (QED) is 0.166. The molecule has 1 heterocycles. The van der Waals surface area contributed by atoms with Crippen LogP contribution in [0.5, 0.6) is 0 Å². The summed E-state index contributed by atoms with van der Waals surface area (Å²) in [6, 6.07) is -28.6. The van der Waals surface area contributed by atoms with Crippen LogP contribution in [0.15, 0.2) is 198 Å². The van der Waals surface area contributed by atoms with Gasteiger partial charge in [-0.3, -0.25) is 0 Å². The second-order valence-electron chi connectivity index (χ2n) is 11.6. The van der Waals surface area contributed by atoms with E-state index >= 15 is 0 Å². The van der Waals surface area contributed by atoms with Crippen LogP contribution in [0.2, 0.25) is 0 Å². The fraction of sp³-hybridized carbons (Fsp3) is 0. The molecule has 246 valence electrons. The van der Waals surface area contributed by atoms with E-state index < -0.39 is 297 Å². The van der Waals surface area contributed by atoms with Crippen molar-refractivity contribution in [2.45, 2.75) is 0 Å². The maximum atomic E-state index is 9.90. The lowest BCUT2D eigenvalue weighted by atomic mass is 9.83. The zero-order chi connectivity index (χ0) is 61.9. The highest BCUT2D eigenvalue weighted by atomic mass is 16.3. The Bertz CT molecular complexity index is 4910. The Labute approximate surface area is 350 Å². The molecule has 0 aliphatic rings. The SMILES string of the molecule is [2H]c1c([2H])c([2H])c(-c2c([2H])c([2H])c([2H])c3oc4c([2H])cc(-c5c([2H])c([2H])c([2H])c6c(-c7c8c([2H])c([2H])c([2H])c([2H])c8c(-c8c([2H])c([2H])c([2H])c9c([2H])c([2H])c([2H])c([2H])c89)c8c([2H])c([2H])c([2H])c([2H])c78)c([2H])c([2H])c([2H])c56)c([2H])c4c23)c([2H])c1[2H]. The molecular weight excluding hydrogens is 641 g/mol. The van der Waals surface area contributed by atoms with Crippen LogP contribution in [-0.4, -0.2) is 0 Å². The van der Waals surface area contributed by atoms with Crippen molar-refractivity contribution in [2.24, 2.45) is 0 Å². The predicted molar refractivity (Wildman–Crippen MR) is 225 cm³/mol. The summed E-state index contributed by atoms with van der Waals surface area (Å²) in [6.07, 6.45) is 0. The molecule has 0 atom stereocenters. The summed E-state index contributed by atoms with van der Waals surface area (Å²) in [7, 11) is 0. The van der Waals surface area contributed by atoms with E-state index in [9.17, 15) is 17.8 Å². The Morgan fingerprint density at radius 2 is 0.811 bits per heavy atom. The average Bonchev–Trinajstić information content (AvgIpc) is 0.790. The van der Waals surface area contributed by atoms with E-state index in [0.717, 1.165) is 6.07 Å². The predicted octanol–water partition coefficient (Wildman–Crippen LogP) is 14.9. The van der Waals surface area contributed by atoms with Gasteiger partial charge in [0.25, 0.3) is 0 Å². The van der Waals surface area contributed by atoms with E-state index in [1.807, 2.05) is 0 Å². The zero-order valence-electron chi connectivity index (χ0n) is 57.5. The summed E-state index contributed by atoms with van der Waals surface area (Å²) < 4.78 is 288. The molecule has 0 amide bonds. The van der Waals surface area contributed by atoms with Gasteiger partial charge < -0.3 is 4.42 Å². The van der Waals surface area contributed by atoms with Gasteiger partial charge in [0.15, 0.2) is 0 Å². The summed E-state index contributed by atoms with van der Waals surface area (Å²) in [4.78, 5) is 0. The molecule has 0 fully saturated rings. The van der Waals surface area contributed by atoms with Crippen molar-refractivity contribution >= 4 is 65.0 Å². The van der Waals surface area contributed by atoms with Gasteiger partial charge in [0, 0.05) is 10.8 Å². The largest absolute Gasteiger partial charge is 0.456 e. The summed E-state index contributed by atoms with van der Waals surface area (Å²) in [5.74, 6) is 0. The highest BCUT2D eigenvalue weighted by Crippen LogP contribution is 2.47. The molecule has 1 heteroatoms. The Morgan fingerprint density at radius 1 is 0.321 bits per heavy atom. The molecule has 11 aromatic rings. The number of furan rings is 1. The molecule has 0 spiro atoms. The zero-order valence-corrected chi connectivity index (χ0v) is 26.5. The van der Waals surface area contributed by atoms with Gasteiger partial charge in [-0.25, -0.2) is 0 Å². The monoisotopic (exact) mass is 703 g/mol. The van der Waals surface area contributed by atoms with Crippen LogP contribution in [0.3, 0.4) is 0 Å². The van der Waals surface area contributed by atoms with Gasteiger partial charge in [-0.1, -0.05) is 175 Å². The van der Waals surface area contributed by atoms with Crippen molar-refractivity contribution < 1.29 is 46.9 Å². The maximum absolute atomic E-state index is 9.90. The van der Waals surface area contributed by atoms with Crippen LogP contribution in [0.25, 0.3) is 110 Å². The first kappa shape index (κ1) is 12.3. The molecule has 53 heavy (non-hydrogen) atoms. The average molecular weight is 704 g/mol. The van der Waals surface area contributed by atoms with Crippen molar-refractivity contribution in [3.63, 3.8) is 0 Å². The summed E-state index contributed by atoms with van der Waals surface area (Å²) in [5, 5.41) is -7.06. The molecule has 0 unspecified atom stereocenters. The molecule has 0 aliphatic heterocycles. The highest BCUT2D eigenvalue weighted by molar-refractivity contribution is 6.25. The summed E-state index contributed by atoms with van der Waals surface area (Å²) >= 11 is 0. The van der Waals surface area contributed by atoms with Crippen molar-refractivity contribution in [1.82, 2.24) is 0 Å². The molecule has 11 rings (SSSR count). The molecule has 1 nitrogen and oxygen atoms in total. The fourth-order valence-electron chi connectivity index (χ4n) is 6.65. The first-order chi connectivity index (χ1) is 39.2. The van der Waals surface area contributed by atoms with Gasteiger partial charge in [-0.05, 0) is 106 Å². The van der Waals surface area contributed by atoms with Crippen LogP contribution in [-0.2, 0) is 0 Å². The van der Waals surface area contributed by atoms with E-state index in [1.54, 1.807) is 0 Å². The van der Waals surface area contributed by atoms with Crippen molar-refractivity contribution in [2.75, 3.05) is 0 Å². The van der Waals surface area contributed by atoms with Crippen molar-refractivity contribution in [3.05, 3.63) is 193 Å². The Hall–Kier alpha value is -6.96. The first-order valence-electron chi connectivity index (χ1n) is 31.2. The lowest BCUT2D eigenvalue weighted by Crippen LogP contribution is -1.92. The highest BCUT2D eigenvalue weighted by Gasteiger charge is 2.20. The van der Waals surface area contributed by atoms with Gasteiger partial charge in [0.05, 0.1) is 42.5 Å². The van der Waals surface area contributed by atoms with Gasteiger partial charge in [-0.2, -0.15) is 0 Å². The lowest BCUT2D eigenvalue weighted by Gasteiger charge is -2.20. The van der Waals surface area contributed by atoms with E-state index in [2.05, 4.69) is 0 Å². The molecule has 10 aromatic carbocycles. The summed E-state index contributed by atoms with van der Waals surface area (Å²) in [5.41, 5.74) is -6.90. The molecule has 0 bridgehead atoms. The van der Waals surface area contributed by atoms with Gasteiger partial charge in [-0.15, -0.1) is 0 Å². The first-order valence-corrected chi connectivity index (χ1v) is 15.7. The number of rotatable bonds is 4. The normalized spacial score (nSPS) is 20.0. The van der Waals surface area contributed by atoms with Crippen LogP contribution >= 0.6 is 0 Å². The molecule has 0 saturated carbocycles. The van der Waals surface area contributed by atoms with Crippen LogP contribution < -0.4 is 0 Å². The number of hydrogen-bond acceptors (Lipinski definition) is 1. The second kappa shape index (κ2) is 11.8. The van der Waals surface area contributed by atoms with Gasteiger partial charge in [0.2, 0.25) is 0 Å². The van der Waals surface area contributed by atoms with E-state index in [4.69, 9.17) is 29.1 Å². The van der Waals surface area contributed by atoms with Crippen LogP contribution in [0.1, 0.15) is 42.5 Å². The Balaban J connectivity index is 1.41. The third-order valence-electron chi connectivity index (χ3n) is 8.84. The Kier molecular flexibility index (Phi) is 2.74. The second-order valence-corrected chi connectivity index (χ2v) is 11.6. The fourth-order valence-corrected chi connectivity index (χ4v) is 6.65. The standard InChI is InChI=1S/C52H32O/c1-2-14-34(15-3-1)38-24-13-29-49-52(38)47-32-35(30-31-48(47)53-49)37-23-11-26-40-39(37)25-12-28-42(40)51-45-21-8-6-19-43(45)50(44-20-7-9-22-46(44)51)41-27-10-17-33-16-4-5-18-36(33)41/h1-32H/i1D,2D,3D,4D,5D,6D,7D,8D,9D,10D,11D,12D,13D,14D,15D,16D,17D,18D,19D,20D,21D,22D,23D,24D,25D,26D,27D,28D,29D,31D,32D. The minimum atomic E-state index is -1.10. The third-order valence-corrected chi connectivity index (χ3v) is 8.84. The van der Waals surface area contributed by atoms with Crippen LogP contribution in [0.4, 0.5) is 0 Å². The molecular formula is C52H32O. The van der Waals surface area contributed by atoms with Gasteiger partial charge in [0.1, 0.15) is 11.2 Å². The topological polar surface area (TPSA) is 13.1 Å². The Morgan fingerprint density at radius 3 is 1.51 bits per heavy atom. The lowest BCUT2D eigenvalue weighted by molar-refractivity contribution is 0.669. The number of benzene rings is 10. The van der Waals surface area contributed by atoms with Crippen molar-refractivity contribution in [3.8, 4) is 44.5 Å². The minimum absolute atomic E-state index is 0.495. The molecule has 0 radical (unpaired) electrons. The summed E-state index contributed by atoms with van der Waals surface area (Å²) in [6.45, 7) is 0. The smallest absolute Gasteiger partial charge is 0.136 e. The molecule has 1 aromatic heterocycles. The van der Waals surface area contributed by atoms with E-state index in [-0.39, 0.29) is 0 Å². The number of fused-ring (bicyclic) bond motifs is 7. The molecule has 0 N–H and O–H groups in total. The van der Waals surface area contributed by atoms with E-state index in [0.29, 0.717) is 0 Å². The van der Waals surface area contributed by atoms with Crippen LogP contribution in [0, 0.1) is 0 Å². The minimum Gasteiger partial charge on any atom is -0.456 e. The maximum Gasteiger partial charge on any atom is 0.136 e. The number of hydrogen-bond donors (Lipinski definition) is 0. The molecule has 0 aliphatic carbocycles. The third kappa shape index (κ3) is 4.58.